The average Bonchev–Trinajstić information content (AvgIpc) is 2.88. The summed E-state index contributed by atoms with van der Waals surface area (Å²) in [6, 6.07) is 3.21. The molecule has 1 atom stereocenters. The lowest BCUT2D eigenvalue weighted by Gasteiger charge is -2.23. The molecule has 1 heterocycles. The van der Waals surface area contributed by atoms with Crippen molar-refractivity contribution in [3.8, 4) is 11.5 Å². The summed E-state index contributed by atoms with van der Waals surface area (Å²) >= 11 is 3.14. The van der Waals surface area contributed by atoms with Crippen molar-refractivity contribution in [2.24, 2.45) is 0 Å². The number of hydrogen-bond acceptors (Lipinski definition) is 4. The Kier molecular flexibility index (Phi) is 4.88. The highest BCUT2D eigenvalue weighted by atomic mass is 79.9. The number of benzene rings is 1. The maximum atomic E-state index is 12.1. The summed E-state index contributed by atoms with van der Waals surface area (Å²) in [5.74, 6) is -0.910. The average molecular weight is 343 g/mol. The SMILES string of the molecule is CCN1CCCC1CNC(=O)c1c(O)ccc(Br)c1O. The molecule has 1 aromatic carbocycles. The van der Waals surface area contributed by atoms with Gasteiger partial charge in [-0.1, -0.05) is 6.92 Å². The van der Waals surface area contributed by atoms with Crippen LogP contribution in [0.5, 0.6) is 11.5 Å². The minimum absolute atomic E-state index is 0.0829. The first-order chi connectivity index (χ1) is 9.54. The Bertz CT molecular complexity index is 507. The van der Waals surface area contributed by atoms with E-state index in [2.05, 4.69) is 33.1 Å². The van der Waals surface area contributed by atoms with Crippen LogP contribution in [0.3, 0.4) is 0 Å². The molecule has 0 aromatic heterocycles. The van der Waals surface area contributed by atoms with Gasteiger partial charge in [0.1, 0.15) is 17.1 Å². The van der Waals surface area contributed by atoms with Gasteiger partial charge in [-0.15, -0.1) is 0 Å². The summed E-state index contributed by atoms with van der Waals surface area (Å²) < 4.78 is 0.386. The molecule has 0 saturated carbocycles. The first kappa shape index (κ1) is 15.1. The smallest absolute Gasteiger partial charge is 0.258 e. The van der Waals surface area contributed by atoms with Crippen LogP contribution in [0.15, 0.2) is 16.6 Å². The summed E-state index contributed by atoms with van der Waals surface area (Å²) in [4.78, 5) is 14.4. The molecule has 0 bridgehead atoms. The van der Waals surface area contributed by atoms with E-state index < -0.39 is 5.91 Å². The van der Waals surface area contributed by atoms with Gasteiger partial charge >= 0.3 is 0 Å². The molecule has 1 amide bonds. The Morgan fingerprint density at radius 1 is 1.50 bits per heavy atom. The molecule has 20 heavy (non-hydrogen) atoms. The number of halogens is 1. The number of aromatic hydroxyl groups is 2. The van der Waals surface area contributed by atoms with Gasteiger partial charge in [-0.3, -0.25) is 9.69 Å². The number of hydrogen-bond donors (Lipinski definition) is 3. The van der Waals surface area contributed by atoms with E-state index in [-0.39, 0.29) is 17.1 Å². The fourth-order valence-electron chi connectivity index (χ4n) is 2.62. The number of likely N-dealkylation sites (N-methyl/N-ethyl adjacent to an activating group) is 1. The normalized spacial score (nSPS) is 19.2. The number of likely N-dealkylation sites (tertiary alicyclic amines) is 1. The lowest BCUT2D eigenvalue weighted by molar-refractivity contribution is 0.0935. The lowest BCUT2D eigenvalue weighted by atomic mass is 10.1. The highest BCUT2D eigenvalue weighted by molar-refractivity contribution is 9.10. The maximum absolute atomic E-state index is 12.1. The molecule has 1 aliphatic heterocycles. The fourth-order valence-corrected chi connectivity index (χ4v) is 2.95. The van der Waals surface area contributed by atoms with Crippen LogP contribution in [-0.2, 0) is 0 Å². The maximum Gasteiger partial charge on any atom is 0.258 e. The Labute approximate surface area is 126 Å². The van der Waals surface area contributed by atoms with Crippen molar-refractivity contribution in [2.75, 3.05) is 19.6 Å². The standard InChI is InChI=1S/C14H19BrN2O3/c1-2-17-7-3-4-9(17)8-16-14(20)12-11(18)6-5-10(15)13(12)19/h5-6,9,18-19H,2-4,7-8H2,1H3,(H,16,20). The van der Waals surface area contributed by atoms with Crippen molar-refractivity contribution >= 4 is 21.8 Å². The van der Waals surface area contributed by atoms with E-state index in [4.69, 9.17) is 0 Å². The van der Waals surface area contributed by atoms with Crippen LogP contribution in [0, 0.1) is 0 Å². The molecule has 1 saturated heterocycles. The zero-order valence-electron chi connectivity index (χ0n) is 11.4. The van der Waals surface area contributed by atoms with E-state index >= 15 is 0 Å². The molecule has 2 rings (SSSR count). The third-order valence-electron chi connectivity index (χ3n) is 3.74. The second kappa shape index (κ2) is 6.45. The first-order valence-electron chi connectivity index (χ1n) is 6.77. The molecule has 1 aromatic rings. The van der Waals surface area contributed by atoms with E-state index in [1.807, 2.05) is 0 Å². The highest BCUT2D eigenvalue weighted by Crippen LogP contribution is 2.33. The van der Waals surface area contributed by atoms with Gasteiger partial charge in [0.2, 0.25) is 0 Å². The van der Waals surface area contributed by atoms with Crippen molar-refractivity contribution in [1.29, 1.82) is 0 Å². The highest BCUT2D eigenvalue weighted by Gasteiger charge is 2.25. The number of rotatable bonds is 4. The van der Waals surface area contributed by atoms with Gasteiger partial charge in [-0.2, -0.15) is 0 Å². The first-order valence-corrected chi connectivity index (χ1v) is 7.56. The van der Waals surface area contributed by atoms with E-state index in [0.29, 0.717) is 17.1 Å². The summed E-state index contributed by atoms with van der Waals surface area (Å²) in [5.41, 5.74) is -0.0829. The molecular weight excluding hydrogens is 324 g/mol. The number of carbonyl (C=O) groups excluding carboxylic acids is 1. The number of carbonyl (C=O) groups is 1. The van der Waals surface area contributed by atoms with Crippen molar-refractivity contribution in [1.82, 2.24) is 10.2 Å². The molecule has 0 radical (unpaired) electrons. The van der Waals surface area contributed by atoms with Gasteiger partial charge in [-0.05, 0) is 54.0 Å². The number of nitrogens with one attached hydrogen (secondary N) is 1. The largest absolute Gasteiger partial charge is 0.507 e. The lowest BCUT2D eigenvalue weighted by Crippen LogP contribution is -2.40. The molecule has 0 aliphatic carbocycles. The van der Waals surface area contributed by atoms with Crippen LogP contribution in [0.2, 0.25) is 0 Å². The molecule has 1 unspecified atom stereocenters. The van der Waals surface area contributed by atoms with Crippen molar-refractivity contribution in [2.45, 2.75) is 25.8 Å². The van der Waals surface area contributed by atoms with Gasteiger partial charge in [0.25, 0.3) is 5.91 Å². The molecule has 1 fully saturated rings. The third-order valence-corrected chi connectivity index (χ3v) is 4.38. The van der Waals surface area contributed by atoms with Crippen LogP contribution >= 0.6 is 15.9 Å². The molecule has 0 spiro atoms. The predicted octanol–water partition coefficient (Wildman–Crippen LogP) is 2.07. The summed E-state index contributed by atoms with van der Waals surface area (Å²) in [5, 5.41) is 22.4. The Hall–Kier alpha value is -1.27. The number of phenols is 2. The second-order valence-corrected chi connectivity index (χ2v) is 5.78. The van der Waals surface area contributed by atoms with E-state index in [0.717, 1.165) is 25.9 Å². The van der Waals surface area contributed by atoms with Crippen molar-refractivity contribution in [3.05, 3.63) is 22.2 Å². The van der Waals surface area contributed by atoms with Gasteiger partial charge < -0.3 is 15.5 Å². The number of phenolic OH excluding ortho intramolecular Hbond substituents is 2. The van der Waals surface area contributed by atoms with Crippen molar-refractivity contribution < 1.29 is 15.0 Å². The van der Waals surface area contributed by atoms with Crippen LogP contribution in [-0.4, -0.2) is 46.7 Å². The van der Waals surface area contributed by atoms with Gasteiger partial charge in [0.15, 0.2) is 0 Å². The van der Waals surface area contributed by atoms with E-state index in [9.17, 15) is 15.0 Å². The predicted molar refractivity (Wildman–Crippen MR) is 80.1 cm³/mol. The van der Waals surface area contributed by atoms with Crippen LogP contribution < -0.4 is 5.32 Å². The molecule has 1 aliphatic rings. The Balaban J connectivity index is 2.04. The zero-order chi connectivity index (χ0) is 14.7. The Morgan fingerprint density at radius 3 is 2.95 bits per heavy atom. The number of amides is 1. The minimum atomic E-state index is -0.454. The third kappa shape index (κ3) is 3.07. The molecule has 6 heteroatoms. The van der Waals surface area contributed by atoms with Gasteiger partial charge in [0, 0.05) is 12.6 Å². The summed E-state index contributed by atoms with van der Waals surface area (Å²) in [6.45, 7) is 4.66. The second-order valence-electron chi connectivity index (χ2n) is 4.92. The van der Waals surface area contributed by atoms with Crippen molar-refractivity contribution in [3.63, 3.8) is 0 Å². The van der Waals surface area contributed by atoms with Crippen LogP contribution in [0.25, 0.3) is 0 Å². The minimum Gasteiger partial charge on any atom is -0.507 e. The van der Waals surface area contributed by atoms with E-state index in [1.54, 1.807) is 0 Å². The fraction of sp³-hybridized carbons (Fsp3) is 0.500. The summed E-state index contributed by atoms with van der Waals surface area (Å²) in [6.07, 6.45) is 2.20. The van der Waals surface area contributed by atoms with Gasteiger partial charge in [0.05, 0.1) is 4.47 Å². The summed E-state index contributed by atoms with van der Waals surface area (Å²) in [7, 11) is 0. The molecule has 110 valence electrons. The molecule has 5 nitrogen and oxygen atoms in total. The van der Waals surface area contributed by atoms with Crippen LogP contribution in [0.1, 0.15) is 30.1 Å². The Morgan fingerprint density at radius 2 is 2.25 bits per heavy atom. The zero-order valence-corrected chi connectivity index (χ0v) is 13.0. The quantitative estimate of drug-likeness (QED) is 0.783. The molecule has 3 N–H and O–H groups in total. The topological polar surface area (TPSA) is 72.8 Å². The van der Waals surface area contributed by atoms with Gasteiger partial charge in [-0.25, -0.2) is 0 Å². The monoisotopic (exact) mass is 342 g/mol. The van der Waals surface area contributed by atoms with E-state index in [1.165, 1.54) is 12.1 Å². The number of nitrogens with zero attached hydrogens (tertiary/aromatic N) is 1. The van der Waals surface area contributed by atoms with Crippen LogP contribution in [0.4, 0.5) is 0 Å². The molecular formula is C14H19BrN2O3.